The van der Waals surface area contributed by atoms with Gasteiger partial charge in [-0.15, -0.1) is 0 Å². The van der Waals surface area contributed by atoms with Gasteiger partial charge in [-0.3, -0.25) is 4.90 Å². The molecule has 0 aliphatic carbocycles. The van der Waals surface area contributed by atoms with Gasteiger partial charge in [0.05, 0.1) is 0 Å². The minimum Gasteiger partial charge on any atom is -0.316 e. The fraction of sp³-hybridized carbons (Fsp3) is 1.00. The molecule has 0 aromatic carbocycles. The van der Waals surface area contributed by atoms with Crippen molar-refractivity contribution in [3.05, 3.63) is 0 Å². The van der Waals surface area contributed by atoms with E-state index in [2.05, 4.69) is 56.6 Å². The molecule has 1 heterocycles. The standard InChI is InChI=1S/C15H32N2S/c1-6-8-16-11-15(5,7-2)12-17-9-10-18-14(4)13(17)3/h13-14,16H,6-12H2,1-5H3. The maximum atomic E-state index is 3.61. The van der Waals surface area contributed by atoms with E-state index in [1.807, 2.05) is 0 Å². The van der Waals surface area contributed by atoms with Crippen LogP contribution in [0.5, 0.6) is 0 Å². The van der Waals surface area contributed by atoms with Gasteiger partial charge in [-0.1, -0.05) is 27.7 Å². The molecule has 0 amide bonds. The van der Waals surface area contributed by atoms with E-state index in [0.29, 0.717) is 5.41 Å². The summed E-state index contributed by atoms with van der Waals surface area (Å²) in [5.41, 5.74) is 0.422. The van der Waals surface area contributed by atoms with Crippen molar-refractivity contribution in [3.63, 3.8) is 0 Å². The Hall–Kier alpha value is 0.270. The molecule has 0 aromatic rings. The highest BCUT2D eigenvalue weighted by Gasteiger charge is 2.31. The van der Waals surface area contributed by atoms with Crippen molar-refractivity contribution < 1.29 is 0 Å². The van der Waals surface area contributed by atoms with Gasteiger partial charge in [0.1, 0.15) is 0 Å². The van der Waals surface area contributed by atoms with Crippen LogP contribution in [0.3, 0.4) is 0 Å². The molecule has 0 radical (unpaired) electrons. The number of hydrogen-bond acceptors (Lipinski definition) is 3. The SMILES string of the molecule is CCCNCC(C)(CC)CN1CCSC(C)C1C. The van der Waals surface area contributed by atoms with Gasteiger partial charge < -0.3 is 5.32 Å². The second-order valence-corrected chi connectivity index (χ2v) is 7.61. The zero-order valence-electron chi connectivity index (χ0n) is 13.0. The highest BCUT2D eigenvalue weighted by Crippen LogP contribution is 2.29. The Morgan fingerprint density at radius 2 is 2.06 bits per heavy atom. The molecule has 0 saturated carbocycles. The second kappa shape index (κ2) is 7.76. The van der Waals surface area contributed by atoms with E-state index in [-0.39, 0.29) is 0 Å². The molecule has 1 aliphatic heterocycles. The van der Waals surface area contributed by atoms with Crippen molar-refractivity contribution in [2.45, 2.75) is 58.8 Å². The number of hydrogen-bond donors (Lipinski definition) is 1. The van der Waals surface area contributed by atoms with Gasteiger partial charge in [0.15, 0.2) is 0 Å². The Kier molecular flexibility index (Phi) is 7.04. The Labute approximate surface area is 118 Å². The van der Waals surface area contributed by atoms with Crippen LogP contribution in [0.1, 0.15) is 47.5 Å². The summed E-state index contributed by atoms with van der Waals surface area (Å²) < 4.78 is 0. The number of nitrogens with one attached hydrogen (secondary N) is 1. The summed E-state index contributed by atoms with van der Waals surface area (Å²) in [6.45, 7) is 16.6. The normalized spacial score (nSPS) is 29.2. The van der Waals surface area contributed by atoms with Gasteiger partial charge in [-0.05, 0) is 31.7 Å². The molecule has 0 aromatic heterocycles. The van der Waals surface area contributed by atoms with E-state index in [1.165, 1.54) is 31.7 Å². The minimum absolute atomic E-state index is 0.422. The Morgan fingerprint density at radius 1 is 1.33 bits per heavy atom. The Balaban J connectivity index is 2.49. The van der Waals surface area contributed by atoms with Crippen LogP contribution in [0.4, 0.5) is 0 Å². The lowest BCUT2D eigenvalue weighted by Crippen LogP contribution is -2.51. The largest absolute Gasteiger partial charge is 0.316 e. The third kappa shape index (κ3) is 4.75. The van der Waals surface area contributed by atoms with Crippen LogP contribution in [-0.4, -0.2) is 48.1 Å². The summed E-state index contributed by atoms with van der Waals surface area (Å²) in [7, 11) is 0. The zero-order chi connectivity index (χ0) is 13.6. The third-order valence-electron chi connectivity index (χ3n) is 4.43. The summed E-state index contributed by atoms with van der Waals surface area (Å²) in [6.07, 6.45) is 2.49. The first-order valence-corrected chi connectivity index (χ1v) is 8.63. The van der Waals surface area contributed by atoms with Crippen LogP contribution in [0, 0.1) is 5.41 Å². The Bertz CT molecular complexity index is 235. The highest BCUT2D eigenvalue weighted by atomic mass is 32.2. The number of rotatable bonds is 7. The average Bonchev–Trinajstić information content (AvgIpc) is 2.35. The van der Waals surface area contributed by atoms with Crippen molar-refractivity contribution in [1.29, 1.82) is 0 Å². The smallest absolute Gasteiger partial charge is 0.0184 e. The molecule has 1 rings (SSSR count). The molecule has 1 aliphatic rings. The van der Waals surface area contributed by atoms with Gasteiger partial charge in [0, 0.05) is 36.7 Å². The lowest BCUT2D eigenvalue weighted by atomic mass is 9.86. The van der Waals surface area contributed by atoms with Gasteiger partial charge in [0.25, 0.3) is 0 Å². The molecule has 1 fully saturated rings. The molecule has 0 spiro atoms. The van der Waals surface area contributed by atoms with Gasteiger partial charge >= 0.3 is 0 Å². The Morgan fingerprint density at radius 3 is 2.67 bits per heavy atom. The van der Waals surface area contributed by atoms with Crippen molar-refractivity contribution in [2.24, 2.45) is 5.41 Å². The first-order chi connectivity index (χ1) is 8.52. The molecule has 3 heteroatoms. The van der Waals surface area contributed by atoms with Crippen molar-refractivity contribution >= 4 is 11.8 Å². The molecular formula is C15H32N2S. The predicted molar refractivity (Wildman–Crippen MR) is 84.5 cm³/mol. The summed E-state index contributed by atoms with van der Waals surface area (Å²) in [5.74, 6) is 1.30. The summed E-state index contributed by atoms with van der Waals surface area (Å²) in [6, 6.07) is 0.723. The van der Waals surface area contributed by atoms with Crippen LogP contribution in [-0.2, 0) is 0 Å². The van der Waals surface area contributed by atoms with E-state index < -0.39 is 0 Å². The summed E-state index contributed by atoms with van der Waals surface area (Å²) in [5, 5.41) is 4.39. The van der Waals surface area contributed by atoms with E-state index in [4.69, 9.17) is 0 Å². The second-order valence-electron chi connectivity index (χ2n) is 6.13. The van der Waals surface area contributed by atoms with Crippen molar-refractivity contribution in [2.75, 3.05) is 31.9 Å². The van der Waals surface area contributed by atoms with E-state index >= 15 is 0 Å². The van der Waals surface area contributed by atoms with Crippen molar-refractivity contribution in [3.8, 4) is 0 Å². The fourth-order valence-corrected chi connectivity index (χ4v) is 3.73. The summed E-state index contributed by atoms with van der Waals surface area (Å²) in [4.78, 5) is 2.71. The van der Waals surface area contributed by atoms with Gasteiger partial charge in [-0.2, -0.15) is 11.8 Å². The highest BCUT2D eigenvalue weighted by molar-refractivity contribution is 8.00. The van der Waals surface area contributed by atoms with Crippen LogP contribution < -0.4 is 5.32 Å². The molecule has 1 N–H and O–H groups in total. The van der Waals surface area contributed by atoms with Crippen LogP contribution in [0.2, 0.25) is 0 Å². The first-order valence-electron chi connectivity index (χ1n) is 7.59. The molecule has 108 valence electrons. The van der Waals surface area contributed by atoms with Crippen molar-refractivity contribution in [1.82, 2.24) is 10.2 Å². The lowest BCUT2D eigenvalue weighted by molar-refractivity contribution is 0.123. The summed E-state index contributed by atoms with van der Waals surface area (Å²) >= 11 is 2.13. The quantitative estimate of drug-likeness (QED) is 0.716. The number of thioether (sulfide) groups is 1. The predicted octanol–water partition coefficient (Wildman–Crippen LogP) is 3.23. The van der Waals surface area contributed by atoms with Crippen LogP contribution in [0.15, 0.2) is 0 Å². The monoisotopic (exact) mass is 272 g/mol. The fourth-order valence-electron chi connectivity index (χ4n) is 2.57. The van der Waals surface area contributed by atoms with Gasteiger partial charge in [0.2, 0.25) is 0 Å². The molecule has 2 nitrogen and oxygen atoms in total. The topological polar surface area (TPSA) is 15.3 Å². The maximum absolute atomic E-state index is 3.61. The minimum atomic E-state index is 0.422. The molecule has 0 bridgehead atoms. The van der Waals surface area contributed by atoms with Crippen LogP contribution in [0.25, 0.3) is 0 Å². The molecule has 3 atom stereocenters. The average molecular weight is 273 g/mol. The zero-order valence-corrected chi connectivity index (χ0v) is 13.8. The van der Waals surface area contributed by atoms with E-state index in [0.717, 1.165) is 24.4 Å². The van der Waals surface area contributed by atoms with Gasteiger partial charge in [-0.25, -0.2) is 0 Å². The van der Waals surface area contributed by atoms with E-state index in [9.17, 15) is 0 Å². The first kappa shape index (κ1) is 16.3. The maximum Gasteiger partial charge on any atom is 0.0184 e. The third-order valence-corrected chi connectivity index (χ3v) is 5.77. The lowest BCUT2D eigenvalue weighted by Gasteiger charge is -2.43. The number of nitrogens with zero attached hydrogens (tertiary/aromatic N) is 1. The molecule has 18 heavy (non-hydrogen) atoms. The molecule has 3 unspecified atom stereocenters. The van der Waals surface area contributed by atoms with E-state index in [1.54, 1.807) is 0 Å². The van der Waals surface area contributed by atoms with Crippen LogP contribution >= 0.6 is 11.8 Å². The molecule has 1 saturated heterocycles. The molecular weight excluding hydrogens is 240 g/mol.